The smallest absolute Gasteiger partial charge is 0.242 e. The standard InChI is InChI=1S/C13H22N4O3S/c14-11-2-3-12(15)13(10-11)21(18,19)16-4-1-5-17-6-8-20-9-7-17/h2-3,10,16H,1,4-9,14-15H2. The molecule has 1 aromatic carbocycles. The predicted octanol–water partition coefficient (Wildman–Crippen LogP) is -0.148. The third kappa shape index (κ3) is 4.57. The first kappa shape index (κ1) is 16.0. The summed E-state index contributed by atoms with van der Waals surface area (Å²) in [6.45, 7) is 4.49. The molecule has 1 aliphatic rings. The lowest BCUT2D eigenvalue weighted by molar-refractivity contribution is 0.0376. The highest BCUT2D eigenvalue weighted by molar-refractivity contribution is 7.89. The maximum Gasteiger partial charge on any atom is 0.242 e. The number of hydrogen-bond acceptors (Lipinski definition) is 6. The van der Waals surface area contributed by atoms with Crippen LogP contribution in [0.3, 0.4) is 0 Å². The van der Waals surface area contributed by atoms with Gasteiger partial charge in [0.05, 0.1) is 18.9 Å². The van der Waals surface area contributed by atoms with Crippen molar-refractivity contribution in [1.82, 2.24) is 9.62 Å². The summed E-state index contributed by atoms with van der Waals surface area (Å²) < 4.78 is 32.2. The Morgan fingerprint density at radius 2 is 1.95 bits per heavy atom. The fourth-order valence-electron chi connectivity index (χ4n) is 2.20. The third-order valence-electron chi connectivity index (χ3n) is 3.37. The molecule has 1 aliphatic heterocycles. The second kappa shape index (κ2) is 7.08. The number of nitrogens with two attached hydrogens (primary N) is 2. The van der Waals surface area contributed by atoms with Gasteiger partial charge in [0.25, 0.3) is 0 Å². The van der Waals surface area contributed by atoms with Crippen LogP contribution in [0.15, 0.2) is 23.1 Å². The van der Waals surface area contributed by atoms with E-state index in [9.17, 15) is 8.42 Å². The molecule has 0 saturated carbocycles. The van der Waals surface area contributed by atoms with Gasteiger partial charge in [-0.1, -0.05) is 0 Å². The van der Waals surface area contributed by atoms with Crippen molar-refractivity contribution in [2.45, 2.75) is 11.3 Å². The molecule has 0 unspecified atom stereocenters. The van der Waals surface area contributed by atoms with Gasteiger partial charge in [0.1, 0.15) is 4.90 Å². The van der Waals surface area contributed by atoms with Crippen molar-refractivity contribution in [3.05, 3.63) is 18.2 Å². The number of morpholine rings is 1. The first-order valence-electron chi connectivity index (χ1n) is 6.94. The lowest BCUT2D eigenvalue weighted by Gasteiger charge is -2.26. The Hall–Kier alpha value is -1.35. The number of ether oxygens (including phenoxy) is 1. The summed E-state index contributed by atoms with van der Waals surface area (Å²) in [4.78, 5) is 2.29. The fourth-order valence-corrected chi connectivity index (χ4v) is 3.43. The first-order valence-corrected chi connectivity index (χ1v) is 8.42. The maximum atomic E-state index is 12.2. The summed E-state index contributed by atoms with van der Waals surface area (Å²) in [6, 6.07) is 4.45. The Morgan fingerprint density at radius 3 is 2.67 bits per heavy atom. The van der Waals surface area contributed by atoms with Crippen molar-refractivity contribution in [1.29, 1.82) is 0 Å². The molecule has 118 valence electrons. The van der Waals surface area contributed by atoms with Gasteiger partial charge < -0.3 is 16.2 Å². The molecule has 1 aromatic rings. The van der Waals surface area contributed by atoms with E-state index in [0.29, 0.717) is 12.2 Å². The molecule has 8 heteroatoms. The number of rotatable bonds is 6. The fraction of sp³-hybridized carbons (Fsp3) is 0.538. The molecular weight excluding hydrogens is 292 g/mol. The van der Waals surface area contributed by atoms with Gasteiger partial charge in [-0.15, -0.1) is 0 Å². The second-order valence-electron chi connectivity index (χ2n) is 5.00. The minimum Gasteiger partial charge on any atom is -0.399 e. The van der Waals surface area contributed by atoms with E-state index in [1.54, 1.807) is 6.07 Å². The maximum absolute atomic E-state index is 12.2. The molecule has 0 radical (unpaired) electrons. The van der Waals surface area contributed by atoms with E-state index >= 15 is 0 Å². The summed E-state index contributed by atoms with van der Waals surface area (Å²) in [5.41, 5.74) is 11.9. The Labute approximate surface area is 125 Å². The van der Waals surface area contributed by atoms with Crippen LogP contribution >= 0.6 is 0 Å². The Kier molecular flexibility index (Phi) is 5.40. The van der Waals surface area contributed by atoms with Gasteiger partial charge in [-0.25, -0.2) is 13.1 Å². The molecule has 0 aliphatic carbocycles. The van der Waals surface area contributed by atoms with Gasteiger partial charge in [-0.05, 0) is 31.2 Å². The quantitative estimate of drug-likeness (QED) is 0.497. The number of hydrogen-bond donors (Lipinski definition) is 3. The van der Waals surface area contributed by atoms with Crippen molar-refractivity contribution in [3.8, 4) is 0 Å². The van der Waals surface area contributed by atoms with Gasteiger partial charge in [0, 0.05) is 25.3 Å². The molecule has 0 bridgehead atoms. The van der Waals surface area contributed by atoms with Crippen LogP contribution in [0, 0.1) is 0 Å². The number of benzene rings is 1. The summed E-state index contributed by atoms with van der Waals surface area (Å²) in [7, 11) is -3.61. The van der Waals surface area contributed by atoms with E-state index in [0.717, 1.165) is 39.3 Å². The number of nitrogens with zero attached hydrogens (tertiary/aromatic N) is 1. The van der Waals surface area contributed by atoms with Crippen molar-refractivity contribution in [3.63, 3.8) is 0 Å². The second-order valence-corrected chi connectivity index (χ2v) is 6.74. The predicted molar refractivity (Wildman–Crippen MR) is 82.3 cm³/mol. The molecule has 1 fully saturated rings. The number of sulfonamides is 1. The molecule has 1 heterocycles. The molecule has 5 N–H and O–H groups in total. The third-order valence-corrected chi connectivity index (χ3v) is 4.89. The molecule has 7 nitrogen and oxygen atoms in total. The number of nitrogens with one attached hydrogen (secondary N) is 1. The molecule has 0 spiro atoms. The van der Waals surface area contributed by atoms with Crippen LogP contribution in [-0.2, 0) is 14.8 Å². The van der Waals surface area contributed by atoms with E-state index in [1.165, 1.54) is 12.1 Å². The van der Waals surface area contributed by atoms with Crippen molar-refractivity contribution >= 4 is 21.4 Å². The molecule has 21 heavy (non-hydrogen) atoms. The van der Waals surface area contributed by atoms with Crippen LogP contribution in [0.1, 0.15) is 6.42 Å². The molecule has 2 rings (SSSR count). The first-order chi connectivity index (χ1) is 9.99. The zero-order valence-corrected chi connectivity index (χ0v) is 12.7. The Balaban J connectivity index is 1.85. The monoisotopic (exact) mass is 314 g/mol. The van der Waals surface area contributed by atoms with Crippen LogP contribution in [0.4, 0.5) is 11.4 Å². The molecule has 0 atom stereocenters. The van der Waals surface area contributed by atoms with Gasteiger partial charge >= 0.3 is 0 Å². The van der Waals surface area contributed by atoms with E-state index in [4.69, 9.17) is 16.2 Å². The minimum atomic E-state index is -3.61. The van der Waals surface area contributed by atoms with Crippen molar-refractivity contribution in [2.24, 2.45) is 0 Å². The van der Waals surface area contributed by atoms with Crippen molar-refractivity contribution < 1.29 is 13.2 Å². The highest BCUT2D eigenvalue weighted by Crippen LogP contribution is 2.20. The SMILES string of the molecule is Nc1ccc(N)c(S(=O)(=O)NCCCN2CCOCC2)c1. The largest absolute Gasteiger partial charge is 0.399 e. The lowest BCUT2D eigenvalue weighted by Crippen LogP contribution is -2.38. The van der Waals surface area contributed by atoms with E-state index in [1.807, 2.05) is 0 Å². The topological polar surface area (TPSA) is 111 Å². The van der Waals surface area contributed by atoms with Crippen molar-refractivity contribution in [2.75, 3.05) is 50.9 Å². The zero-order chi connectivity index (χ0) is 15.3. The summed E-state index contributed by atoms with van der Waals surface area (Å²) >= 11 is 0. The van der Waals surface area contributed by atoms with Crippen LogP contribution in [-0.4, -0.2) is 52.7 Å². The number of nitrogen functional groups attached to an aromatic ring is 2. The summed E-state index contributed by atoms with van der Waals surface area (Å²) in [6.07, 6.45) is 0.738. The zero-order valence-electron chi connectivity index (χ0n) is 11.9. The molecular formula is C13H22N4O3S. The summed E-state index contributed by atoms with van der Waals surface area (Å²) in [5.74, 6) is 0. The average molecular weight is 314 g/mol. The van der Waals surface area contributed by atoms with Gasteiger partial charge in [0.15, 0.2) is 0 Å². The Morgan fingerprint density at radius 1 is 1.24 bits per heavy atom. The number of anilines is 2. The normalized spacial score (nSPS) is 17.0. The van der Waals surface area contributed by atoms with Gasteiger partial charge in [-0.2, -0.15) is 0 Å². The molecule has 0 aromatic heterocycles. The van der Waals surface area contributed by atoms with Crippen LogP contribution < -0.4 is 16.2 Å². The minimum absolute atomic E-state index is 0.0360. The molecule has 1 saturated heterocycles. The van der Waals surface area contributed by atoms with Crippen LogP contribution in [0.2, 0.25) is 0 Å². The van der Waals surface area contributed by atoms with Gasteiger partial charge in [0.2, 0.25) is 10.0 Å². The van der Waals surface area contributed by atoms with Crippen LogP contribution in [0.5, 0.6) is 0 Å². The van der Waals surface area contributed by atoms with E-state index < -0.39 is 10.0 Å². The molecule has 0 amide bonds. The lowest BCUT2D eigenvalue weighted by atomic mass is 10.3. The average Bonchev–Trinajstić information content (AvgIpc) is 2.47. The van der Waals surface area contributed by atoms with Crippen LogP contribution in [0.25, 0.3) is 0 Å². The Bertz CT molecular complexity index is 571. The highest BCUT2D eigenvalue weighted by Gasteiger charge is 2.17. The van der Waals surface area contributed by atoms with Gasteiger partial charge in [-0.3, -0.25) is 4.90 Å². The highest BCUT2D eigenvalue weighted by atomic mass is 32.2. The summed E-state index contributed by atoms with van der Waals surface area (Å²) in [5, 5.41) is 0. The van der Waals surface area contributed by atoms with E-state index in [2.05, 4.69) is 9.62 Å². The van der Waals surface area contributed by atoms with E-state index in [-0.39, 0.29) is 10.6 Å².